The van der Waals surface area contributed by atoms with Gasteiger partial charge in [0, 0.05) is 23.5 Å². The number of sulfone groups is 1. The van der Waals surface area contributed by atoms with Crippen molar-refractivity contribution in [2.24, 2.45) is 0 Å². The van der Waals surface area contributed by atoms with E-state index in [-0.39, 0.29) is 22.4 Å². The second-order valence-electron chi connectivity index (χ2n) is 9.59. The molecule has 1 fully saturated rings. The van der Waals surface area contributed by atoms with E-state index < -0.39 is 22.4 Å². The number of alkyl halides is 2. The molecule has 2 aromatic carbocycles. The first kappa shape index (κ1) is 25.6. The molecule has 6 nitrogen and oxygen atoms in total. The zero-order valence-corrected chi connectivity index (χ0v) is 21.7. The zero-order valence-electron chi connectivity index (χ0n) is 20.9. The van der Waals surface area contributed by atoms with Crippen LogP contribution in [-0.2, 0) is 9.84 Å². The predicted molar refractivity (Wildman–Crippen MR) is 142 cm³/mol. The molecule has 0 spiro atoms. The van der Waals surface area contributed by atoms with E-state index in [9.17, 15) is 17.2 Å². The Morgan fingerprint density at radius 3 is 2.70 bits per heavy atom. The summed E-state index contributed by atoms with van der Waals surface area (Å²) in [6.45, 7) is 8.81. The van der Waals surface area contributed by atoms with Crippen LogP contribution < -0.4 is 4.74 Å². The maximum atomic E-state index is 14.9. The molecule has 2 aromatic heterocycles. The molecule has 1 N–H and O–H groups in total. The smallest absolute Gasteiger partial charge is 0.399 e. The molecule has 37 heavy (non-hydrogen) atoms. The van der Waals surface area contributed by atoms with Crippen molar-refractivity contribution in [2.45, 2.75) is 49.4 Å². The monoisotopic (exact) mass is 526 g/mol. The summed E-state index contributed by atoms with van der Waals surface area (Å²) < 4.78 is 60.9. The number of benzene rings is 2. The largest absolute Gasteiger partial charge is 0.430 e. The fraction of sp³-hybridized carbons (Fsp3) is 0.357. The molecular weight excluding hydrogens is 496 g/mol. The molecule has 0 bridgehead atoms. The molecule has 2 heterocycles. The second kappa shape index (κ2) is 9.68. The quantitative estimate of drug-likeness (QED) is 0.268. The molecule has 0 amide bonds. The van der Waals surface area contributed by atoms with Crippen LogP contribution in [0.5, 0.6) is 5.75 Å². The first-order chi connectivity index (χ1) is 17.6. The van der Waals surface area contributed by atoms with Gasteiger partial charge in [-0.15, -0.1) is 0 Å². The van der Waals surface area contributed by atoms with Crippen molar-refractivity contribution in [1.82, 2.24) is 14.9 Å². The highest BCUT2D eigenvalue weighted by Crippen LogP contribution is 2.42. The predicted octanol–water partition coefficient (Wildman–Crippen LogP) is 6.15. The number of hydrogen-bond donors (Lipinski definition) is 1. The van der Waals surface area contributed by atoms with Gasteiger partial charge in [-0.3, -0.25) is 0 Å². The van der Waals surface area contributed by atoms with Crippen LogP contribution >= 0.6 is 0 Å². The molecule has 9 heteroatoms. The Balaban J connectivity index is 1.61. The molecule has 0 unspecified atom stereocenters. The van der Waals surface area contributed by atoms with E-state index in [4.69, 9.17) is 4.74 Å². The number of ether oxygens (including phenoxy) is 1. The Kier molecular flexibility index (Phi) is 6.70. The number of nitrogens with one attached hydrogen (secondary N) is 1. The molecule has 1 saturated carbocycles. The van der Waals surface area contributed by atoms with Crippen LogP contribution in [0.2, 0.25) is 0 Å². The summed E-state index contributed by atoms with van der Waals surface area (Å²) in [5.74, 6) is 0.0128. The van der Waals surface area contributed by atoms with Gasteiger partial charge in [-0.1, -0.05) is 19.1 Å². The minimum absolute atomic E-state index is 0.0128. The minimum Gasteiger partial charge on any atom is -0.430 e. The van der Waals surface area contributed by atoms with E-state index in [1.807, 2.05) is 30.9 Å². The Morgan fingerprint density at radius 1 is 1.22 bits per heavy atom. The normalized spacial score (nSPS) is 14.6. The molecule has 0 aliphatic heterocycles. The van der Waals surface area contributed by atoms with Gasteiger partial charge in [0.2, 0.25) is 0 Å². The lowest BCUT2D eigenvalue weighted by atomic mass is 9.99. The van der Waals surface area contributed by atoms with E-state index in [1.54, 1.807) is 30.5 Å². The third kappa shape index (κ3) is 5.07. The summed E-state index contributed by atoms with van der Waals surface area (Å²) in [5, 5.41) is 1.09. The number of halogens is 2. The first-order valence-corrected chi connectivity index (χ1v) is 14.0. The molecule has 4 aromatic rings. The Hall–Kier alpha value is -3.04. The number of hydrogen-bond acceptors (Lipinski definition) is 5. The molecule has 0 atom stereocenters. The number of aromatic nitrogens is 2. The van der Waals surface area contributed by atoms with E-state index in [1.165, 1.54) is 6.07 Å². The molecule has 5 rings (SSSR count). The van der Waals surface area contributed by atoms with Gasteiger partial charge >= 0.3 is 6.11 Å². The summed E-state index contributed by atoms with van der Waals surface area (Å²) in [6.07, 6.45) is -0.813. The number of aryl methyl sites for hydroxylation is 1. The van der Waals surface area contributed by atoms with E-state index in [0.717, 1.165) is 10.9 Å². The van der Waals surface area contributed by atoms with Crippen LogP contribution in [0.25, 0.3) is 33.1 Å². The lowest BCUT2D eigenvalue weighted by molar-refractivity contribution is -0.182. The average Bonchev–Trinajstić information content (AvgIpc) is 3.67. The van der Waals surface area contributed by atoms with Gasteiger partial charge in [-0.2, -0.15) is 8.78 Å². The summed E-state index contributed by atoms with van der Waals surface area (Å²) in [7, 11) is -3.39. The van der Waals surface area contributed by atoms with Gasteiger partial charge in [0.25, 0.3) is 0 Å². The molecule has 1 aliphatic rings. The van der Waals surface area contributed by atoms with Gasteiger partial charge in [-0.25, -0.2) is 13.4 Å². The Morgan fingerprint density at radius 2 is 2.00 bits per heavy atom. The third-order valence-corrected chi connectivity index (χ3v) is 9.14. The van der Waals surface area contributed by atoms with Crippen molar-refractivity contribution in [3.8, 4) is 16.9 Å². The summed E-state index contributed by atoms with van der Waals surface area (Å²) in [5.41, 5.74) is 3.24. The second-order valence-corrected chi connectivity index (χ2v) is 11.8. The topological polar surface area (TPSA) is 75.3 Å². The van der Waals surface area contributed by atoms with Crippen molar-refractivity contribution in [1.29, 1.82) is 0 Å². The minimum atomic E-state index is -3.39. The molecule has 0 saturated heterocycles. The molecule has 1 radical (unpaired) electrons. The van der Waals surface area contributed by atoms with E-state index in [2.05, 4.69) is 16.9 Å². The SMILES string of the molecule is [CH2]CN(CC)CCC(F)(F)Oc1ccc(-c2cccc(S(=O)(=O)C3CC3)c2)c2c1[nH]c1ncc(C)cc12. The van der Waals surface area contributed by atoms with Gasteiger partial charge in [0.05, 0.1) is 22.1 Å². The van der Waals surface area contributed by atoms with Crippen molar-refractivity contribution >= 4 is 31.8 Å². The van der Waals surface area contributed by atoms with Crippen molar-refractivity contribution in [3.63, 3.8) is 0 Å². The van der Waals surface area contributed by atoms with Crippen LogP contribution in [0.15, 0.2) is 53.6 Å². The highest BCUT2D eigenvalue weighted by Gasteiger charge is 2.37. The molecule has 195 valence electrons. The van der Waals surface area contributed by atoms with Crippen molar-refractivity contribution < 1.29 is 21.9 Å². The average molecular weight is 527 g/mol. The van der Waals surface area contributed by atoms with Gasteiger partial charge in [0.15, 0.2) is 15.6 Å². The Bertz CT molecular complexity index is 1560. The van der Waals surface area contributed by atoms with E-state index in [0.29, 0.717) is 53.6 Å². The van der Waals surface area contributed by atoms with E-state index >= 15 is 0 Å². The number of nitrogens with zero attached hydrogens (tertiary/aromatic N) is 2. The first-order valence-electron chi connectivity index (χ1n) is 12.5. The Labute approximate surface area is 215 Å². The standard InChI is InChI=1S/C28H30F2N3O3S/c1-4-33(5-2)14-13-28(29,30)36-24-12-11-22(25-23-15-18(3)17-31-27(23)32-26(24)25)19-7-6-8-21(16-19)37(34,35)20-9-10-20/h6-8,11-12,15-17,20H,1,4-5,9-10,13-14H2,2-3H3,(H,31,32). The van der Waals surface area contributed by atoms with Crippen molar-refractivity contribution in [3.05, 3.63) is 61.1 Å². The summed E-state index contributed by atoms with van der Waals surface area (Å²) in [4.78, 5) is 9.70. The maximum absolute atomic E-state index is 14.9. The number of rotatable bonds is 10. The summed E-state index contributed by atoms with van der Waals surface area (Å²) in [6, 6.07) is 12.0. The lowest BCUT2D eigenvalue weighted by Crippen LogP contribution is -2.33. The zero-order chi connectivity index (χ0) is 26.4. The fourth-order valence-electron chi connectivity index (χ4n) is 4.63. The van der Waals surface area contributed by atoms with Crippen LogP contribution in [0.4, 0.5) is 8.78 Å². The van der Waals surface area contributed by atoms with Crippen LogP contribution in [-0.4, -0.2) is 54.3 Å². The molecule has 1 aliphatic carbocycles. The number of H-pyrrole nitrogens is 1. The highest BCUT2D eigenvalue weighted by atomic mass is 32.2. The fourth-order valence-corrected chi connectivity index (χ4v) is 6.33. The lowest BCUT2D eigenvalue weighted by Gasteiger charge is -2.23. The maximum Gasteiger partial charge on any atom is 0.399 e. The van der Waals surface area contributed by atoms with Gasteiger partial charge in [-0.05, 0) is 86.8 Å². The van der Waals surface area contributed by atoms with Crippen molar-refractivity contribution in [2.75, 3.05) is 19.6 Å². The third-order valence-electron chi connectivity index (χ3n) is 6.88. The highest BCUT2D eigenvalue weighted by molar-refractivity contribution is 7.92. The van der Waals surface area contributed by atoms with Crippen LogP contribution in [0.3, 0.4) is 0 Å². The van der Waals surface area contributed by atoms with Crippen LogP contribution in [0.1, 0.15) is 31.7 Å². The van der Waals surface area contributed by atoms with Crippen LogP contribution in [0, 0.1) is 13.8 Å². The van der Waals surface area contributed by atoms with Gasteiger partial charge in [0.1, 0.15) is 5.65 Å². The number of fused-ring (bicyclic) bond motifs is 3. The van der Waals surface area contributed by atoms with Gasteiger partial charge < -0.3 is 14.6 Å². The number of pyridine rings is 1. The summed E-state index contributed by atoms with van der Waals surface area (Å²) >= 11 is 0. The number of aromatic amines is 1. The molecular formula is C28H30F2N3O3S.